The van der Waals surface area contributed by atoms with Crippen molar-refractivity contribution < 1.29 is 59.2 Å². The second kappa shape index (κ2) is 8.95. The van der Waals surface area contributed by atoms with Gasteiger partial charge in [-0.3, -0.25) is 4.79 Å². The third kappa shape index (κ3) is 3.44. The highest BCUT2D eigenvalue weighted by Gasteiger charge is 2.81. The molecule has 0 bridgehead atoms. The van der Waals surface area contributed by atoms with Gasteiger partial charge < -0.3 is 49.6 Å². The summed E-state index contributed by atoms with van der Waals surface area (Å²) in [7, 11) is 0. The van der Waals surface area contributed by atoms with E-state index in [1.807, 2.05) is 6.92 Å². The second-order valence-electron chi connectivity index (χ2n) is 13.9. The topological polar surface area (TPSA) is 192 Å². The van der Waals surface area contributed by atoms with Gasteiger partial charge in [0.05, 0.1) is 29.5 Å². The molecule has 0 radical (unpaired) electrons. The third-order valence-corrected chi connectivity index (χ3v) is 12.2. The van der Waals surface area contributed by atoms with Crippen LogP contribution in [0.1, 0.15) is 58.8 Å². The average molecular weight is 581 g/mol. The number of rotatable bonds is 3. The summed E-state index contributed by atoms with van der Waals surface area (Å²) in [6, 6.07) is 0. The molecule has 4 saturated carbocycles. The summed E-state index contributed by atoms with van der Waals surface area (Å²) < 4.78 is 22.7. The first kappa shape index (κ1) is 28.1. The van der Waals surface area contributed by atoms with Crippen molar-refractivity contribution in [1.29, 1.82) is 0 Å². The Morgan fingerprint density at radius 1 is 1.00 bits per heavy atom. The molecule has 1 unspecified atom stereocenters. The second-order valence-corrected chi connectivity index (χ2v) is 13.9. The molecule has 0 amide bonds. The van der Waals surface area contributed by atoms with Crippen molar-refractivity contribution in [3.8, 4) is 0 Å². The summed E-state index contributed by atoms with van der Waals surface area (Å²) in [5.74, 6) is -2.23. The minimum absolute atomic E-state index is 0.0423. The predicted octanol–water partition coefficient (Wildman–Crippen LogP) is -0.943. The highest BCUT2D eigenvalue weighted by atomic mass is 16.7. The van der Waals surface area contributed by atoms with Crippen LogP contribution in [0.25, 0.3) is 0 Å². The summed E-state index contributed by atoms with van der Waals surface area (Å²) in [6.45, 7) is 3.71. The van der Waals surface area contributed by atoms with Crippen LogP contribution < -0.4 is 0 Å². The van der Waals surface area contributed by atoms with Crippen molar-refractivity contribution in [3.63, 3.8) is 0 Å². The quantitative estimate of drug-likeness (QED) is 0.178. The van der Waals surface area contributed by atoms with Gasteiger partial charge in [-0.1, -0.05) is 6.92 Å². The lowest BCUT2D eigenvalue weighted by molar-refractivity contribution is -0.324. The molecule has 228 valence electrons. The van der Waals surface area contributed by atoms with Gasteiger partial charge in [0.1, 0.15) is 36.4 Å². The lowest BCUT2D eigenvalue weighted by Gasteiger charge is -2.64. The van der Waals surface area contributed by atoms with Crippen LogP contribution in [0, 0.1) is 28.6 Å². The molecule has 6 N–H and O–H groups in total. The molecule has 15 atom stereocenters. The van der Waals surface area contributed by atoms with Crippen molar-refractivity contribution in [3.05, 3.63) is 11.6 Å². The molecule has 6 fully saturated rings. The van der Waals surface area contributed by atoms with Gasteiger partial charge in [-0.05, 0) is 56.4 Å². The van der Waals surface area contributed by atoms with Crippen LogP contribution in [0.2, 0.25) is 0 Å². The van der Waals surface area contributed by atoms with Crippen molar-refractivity contribution in [2.24, 2.45) is 28.6 Å². The molecule has 7 rings (SSSR count). The number of fused-ring (bicyclic) bond motifs is 2. The highest BCUT2D eigenvalue weighted by molar-refractivity contribution is 5.85. The molecule has 2 saturated heterocycles. The summed E-state index contributed by atoms with van der Waals surface area (Å²) in [5.41, 5.74) is -4.41. The molecule has 3 heterocycles. The van der Waals surface area contributed by atoms with Crippen molar-refractivity contribution >= 4 is 11.9 Å². The molecule has 0 aromatic heterocycles. The number of carbonyl (C=O) groups is 2. The van der Waals surface area contributed by atoms with E-state index in [1.165, 1.54) is 13.0 Å². The molecule has 41 heavy (non-hydrogen) atoms. The number of aliphatic hydroxyl groups is 6. The zero-order valence-corrected chi connectivity index (χ0v) is 23.2. The smallest absolute Gasteiger partial charge is 0.331 e. The van der Waals surface area contributed by atoms with Gasteiger partial charge in [-0.25, -0.2) is 4.79 Å². The number of aliphatic hydroxyl groups excluding tert-OH is 4. The fraction of sp³-hybridized carbons (Fsp3) is 0.862. The lowest BCUT2D eigenvalue weighted by Crippen LogP contribution is -2.73. The maximum absolute atomic E-state index is 13.8. The Bertz CT molecular complexity index is 1170. The monoisotopic (exact) mass is 580 g/mol. The molecule has 12 nitrogen and oxygen atoms in total. The van der Waals surface area contributed by atoms with E-state index in [9.17, 15) is 40.2 Å². The van der Waals surface area contributed by atoms with Gasteiger partial charge in [0.2, 0.25) is 0 Å². The van der Waals surface area contributed by atoms with E-state index in [0.717, 1.165) is 5.57 Å². The van der Waals surface area contributed by atoms with E-state index in [0.29, 0.717) is 25.7 Å². The number of cyclic esters (lactones) is 1. The van der Waals surface area contributed by atoms with Gasteiger partial charge in [0.25, 0.3) is 0 Å². The number of esters is 2. The Labute approximate surface area is 237 Å². The minimum Gasteiger partial charge on any atom is -0.461 e. The van der Waals surface area contributed by atoms with Gasteiger partial charge in [-0.2, -0.15) is 0 Å². The third-order valence-electron chi connectivity index (χ3n) is 12.2. The molecular formula is C29H40O12. The Morgan fingerprint density at radius 3 is 2.46 bits per heavy atom. The Balaban J connectivity index is 1.19. The molecule has 0 aromatic rings. The van der Waals surface area contributed by atoms with E-state index >= 15 is 0 Å². The molecule has 4 aliphatic carbocycles. The normalized spacial score (nSPS) is 57.8. The summed E-state index contributed by atoms with van der Waals surface area (Å²) in [6.07, 6.45) is -5.91. The van der Waals surface area contributed by atoms with Crippen LogP contribution in [0.5, 0.6) is 0 Å². The van der Waals surface area contributed by atoms with E-state index in [-0.39, 0.29) is 31.8 Å². The molecule has 0 aromatic carbocycles. The van der Waals surface area contributed by atoms with E-state index < -0.39 is 94.8 Å². The van der Waals surface area contributed by atoms with Crippen LogP contribution in [0.4, 0.5) is 0 Å². The fourth-order valence-electron chi connectivity index (χ4n) is 10.4. The first-order chi connectivity index (χ1) is 19.3. The number of ether oxygens (including phenoxy) is 4. The first-order valence-electron chi connectivity index (χ1n) is 14.8. The van der Waals surface area contributed by atoms with Gasteiger partial charge >= 0.3 is 11.9 Å². The summed E-state index contributed by atoms with van der Waals surface area (Å²) >= 11 is 0. The molecular weight excluding hydrogens is 540 g/mol. The number of hydrogen-bond acceptors (Lipinski definition) is 12. The largest absolute Gasteiger partial charge is 0.461 e. The molecule has 12 heteroatoms. The molecule has 1 spiro atoms. The lowest BCUT2D eigenvalue weighted by atomic mass is 9.41. The fourth-order valence-corrected chi connectivity index (χ4v) is 10.4. The van der Waals surface area contributed by atoms with E-state index in [2.05, 4.69) is 0 Å². The van der Waals surface area contributed by atoms with Crippen LogP contribution in [-0.4, -0.2) is 109 Å². The highest BCUT2D eigenvalue weighted by Crippen LogP contribution is 2.73. The zero-order valence-electron chi connectivity index (χ0n) is 23.2. The van der Waals surface area contributed by atoms with Crippen molar-refractivity contribution in [2.75, 3.05) is 6.61 Å². The van der Waals surface area contributed by atoms with Gasteiger partial charge in [0.15, 0.2) is 6.29 Å². The SMILES string of the molecule is C[C@@H]1O[C@@H](O[C@H]2C[C@H](O)[C@@]34C(=O)O[C@@H]5C[C@]6(C)[C@@H](C7=CC(=O)OC7)CC[C@]6(O)C(CC[C@]3(O)C2)[C@H]54)[C@H](O)[C@H](O)[C@@H]1O. The summed E-state index contributed by atoms with van der Waals surface area (Å²) in [5, 5.41) is 67.1. The number of carbonyl (C=O) groups excluding carboxylic acids is 2. The van der Waals surface area contributed by atoms with Crippen LogP contribution >= 0.6 is 0 Å². The maximum atomic E-state index is 13.8. The van der Waals surface area contributed by atoms with Gasteiger partial charge in [-0.15, -0.1) is 0 Å². The average Bonchev–Trinajstić information content (AvgIpc) is 3.54. The van der Waals surface area contributed by atoms with E-state index in [4.69, 9.17) is 18.9 Å². The van der Waals surface area contributed by atoms with Crippen LogP contribution in [0.3, 0.4) is 0 Å². The maximum Gasteiger partial charge on any atom is 0.331 e. The zero-order chi connectivity index (χ0) is 29.3. The van der Waals surface area contributed by atoms with Crippen LogP contribution in [-0.2, 0) is 28.5 Å². The number of hydrogen-bond donors (Lipinski definition) is 6. The predicted molar refractivity (Wildman–Crippen MR) is 135 cm³/mol. The first-order valence-corrected chi connectivity index (χ1v) is 14.8. The molecule has 7 aliphatic rings. The minimum atomic E-state index is -1.71. The van der Waals surface area contributed by atoms with Gasteiger partial charge in [0, 0.05) is 30.3 Å². The molecule has 3 aliphatic heterocycles. The van der Waals surface area contributed by atoms with Crippen molar-refractivity contribution in [2.45, 2.75) is 119 Å². The Kier molecular flexibility index (Phi) is 6.14. The summed E-state index contributed by atoms with van der Waals surface area (Å²) in [4.78, 5) is 25.7. The van der Waals surface area contributed by atoms with Crippen LogP contribution in [0.15, 0.2) is 11.6 Å². The Hall–Kier alpha value is -1.64. The van der Waals surface area contributed by atoms with Crippen molar-refractivity contribution in [1.82, 2.24) is 0 Å². The standard InChI is InChI=1S/C29H40O12/c1-12-21(32)22(33)23(34)24(39-12)40-14-8-18(30)29-20-16(3-5-27(29,36)9-14)28(37)6-4-15(13-7-19(31)38-11-13)26(28,2)10-17(20)41-25(29)35/h7,12,14-18,20-24,30,32-34,36-37H,3-6,8-11H2,1-2H3/t12-,14-,15+,16?,17+,18-,20+,21+,22+,23+,24-,26+,27-,28-,29+/m0/s1. The Morgan fingerprint density at radius 2 is 1.76 bits per heavy atom. The van der Waals surface area contributed by atoms with E-state index in [1.54, 1.807) is 0 Å².